The summed E-state index contributed by atoms with van der Waals surface area (Å²) in [4.78, 5) is 16.0. The number of carbonyl (C=O) groups excluding carboxylic acids is 1. The van der Waals surface area contributed by atoms with Gasteiger partial charge in [-0.2, -0.15) is 0 Å². The monoisotopic (exact) mass is 314 g/mol. The summed E-state index contributed by atoms with van der Waals surface area (Å²) in [5, 5.41) is 5.03. The van der Waals surface area contributed by atoms with Crippen LogP contribution in [-0.2, 0) is 0 Å². The van der Waals surface area contributed by atoms with Gasteiger partial charge in [-0.3, -0.25) is 10.1 Å². The molecule has 0 saturated heterocycles. The number of halogens is 2. The molecule has 2 aromatic rings. The number of benzene rings is 1. The average molecular weight is 315 g/mol. The summed E-state index contributed by atoms with van der Waals surface area (Å²) < 4.78 is 13.3. The molecular weight excluding hydrogens is 307 g/mol. The van der Waals surface area contributed by atoms with Crippen molar-refractivity contribution in [2.45, 2.75) is 6.92 Å². The fraction of sp³-hybridized carbons (Fsp3) is 0.0909. The zero-order valence-electron chi connectivity index (χ0n) is 8.83. The number of rotatable bonds is 2. The van der Waals surface area contributed by atoms with Gasteiger partial charge in [0.2, 0.25) is 0 Å². The second kappa shape index (κ2) is 4.93. The Balaban J connectivity index is 2.20. The zero-order valence-corrected chi connectivity index (χ0v) is 11.2. The summed E-state index contributed by atoms with van der Waals surface area (Å²) in [5.74, 6) is -0.704. The van der Waals surface area contributed by atoms with Crippen molar-refractivity contribution in [1.82, 2.24) is 4.98 Å². The molecule has 0 fully saturated rings. The molecule has 3 nitrogen and oxygen atoms in total. The molecule has 0 aliphatic heterocycles. The number of nitrogens with one attached hydrogen (secondary N) is 1. The predicted molar refractivity (Wildman–Crippen MR) is 68.9 cm³/mol. The van der Waals surface area contributed by atoms with Crippen molar-refractivity contribution < 1.29 is 9.18 Å². The summed E-state index contributed by atoms with van der Waals surface area (Å²) in [6.07, 6.45) is 0. The van der Waals surface area contributed by atoms with Gasteiger partial charge in [0.15, 0.2) is 5.13 Å². The molecule has 0 aliphatic carbocycles. The second-order valence-electron chi connectivity index (χ2n) is 3.37. The molecule has 1 aromatic carbocycles. The van der Waals surface area contributed by atoms with E-state index in [1.54, 1.807) is 0 Å². The summed E-state index contributed by atoms with van der Waals surface area (Å²) in [6, 6.07) is 3.92. The molecule has 0 atom stereocenters. The third-order valence-corrected chi connectivity index (χ3v) is 3.55. The standard InChI is InChI=1S/C11H8BrFN2OS/c1-6-5-17-11(14-6)15-10(16)8-3-2-7(13)4-9(8)12/h2-5H,1H3,(H,14,15,16). The van der Waals surface area contributed by atoms with Crippen molar-refractivity contribution in [3.63, 3.8) is 0 Å². The third kappa shape index (κ3) is 2.89. The van der Waals surface area contributed by atoms with E-state index in [0.29, 0.717) is 15.2 Å². The van der Waals surface area contributed by atoms with Crippen molar-refractivity contribution >= 4 is 38.3 Å². The van der Waals surface area contributed by atoms with Gasteiger partial charge in [0.25, 0.3) is 5.91 Å². The minimum Gasteiger partial charge on any atom is -0.298 e. The molecule has 1 heterocycles. The maximum Gasteiger partial charge on any atom is 0.258 e. The molecule has 17 heavy (non-hydrogen) atoms. The van der Waals surface area contributed by atoms with E-state index in [-0.39, 0.29) is 5.91 Å². The smallest absolute Gasteiger partial charge is 0.258 e. The molecule has 0 saturated carbocycles. The quantitative estimate of drug-likeness (QED) is 0.920. The van der Waals surface area contributed by atoms with Crippen LogP contribution in [0.25, 0.3) is 0 Å². The molecule has 88 valence electrons. The molecule has 0 unspecified atom stereocenters. The van der Waals surface area contributed by atoms with Crippen LogP contribution in [0.3, 0.4) is 0 Å². The highest BCUT2D eigenvalue weighted by Crippen LogP contribution is 2.21. The van der Waals surface area contributed by atoms with Crippen LogP contribution in [0.2, 0.25) is 0 Å². The highest BCUT2D eigenvalue weighted by atomic mass is 79.9. The molecule has 0 radical (unpaired) electrons. The number of nitrogens with zero attached hydrogens (tertiary/aromatic N) is 1. The lowest BCUT2D eigenvalue weighted by molar-refractivity contribution is 0.102. The van der Waals surface area contributed by atoms with E-state index in [1.807, 2.05) is 12.3 Å². The van der Waals surface area contributed by atoms with E-state index in [2.05, 4.69) is 26.2 Å². The van der Waals surface area contributed by atoms with Crippen molar-refractivity contribution in [2.24, 2.45) is 0 Å². The summed E-state index contributed by atoms with van der Waals surface area (Å²) >= 11 is 4.50. The van der Waals surface area contributed by atoms with Crippen LogP contribution in [0, 0.1) is 12.7 Å². The van der Waals surface area contributed by atoms with Gasteiger partial charge in [-0.25, -0.2) is 9.37 Å². The lowest BCUT2D eigenvalue weighted by atomic mass is 10.2. The van der Waals surface area contributed by atoms with E-state index in [0.717, 1.165) is 5.69 Å². The van der Waals surface area contributed by atoms with Crippen molar-refractivity contribution in [1.29, 1.82) is 0 Å². The molecule has 6 heteroatoms. The maximum atomic E-state index is 12.9. The van der Waals surface area contributed by atoms with E-state index >= 15 is 0 Å². The van der Waals surface area contributed by atoms with E-state index in [9.17, 15) is 9.18 Å². The van der Waals surface area contributed by atoms with Gasteiger partial charge in [0, 0.05) is 9.85 Å². The number of anilines is 1. The summed E-state index contributed by atoms with van der Waals surface area (Å²) in [6.45, 7) is 1.85. The van der Waals surface area contributed by atoms with Gasteiger partial charge in [-0.05, 0) is 41.1 Å². The Bertz CT molecular complexity index is 570. The largest absolute Gasteiger partial charge is 0.298 e. The highest BCUT2D eigenvalue weighted by molar-refractivity contribution is 9.10. The number of thiazole rings is 1. The fourth-order valence-corrected chi connectivity index (χ4v) is 2.46. The Hall–Kier alpha value is -1.27. The van der Waals surface area contributed by atoms with Crippen molar-refractivity contribution in [2.75, 3.05) is 5.32 Å². The van der Waals surface area contributed by atoms with Crippen LogP contribution in [0.1, 0.15) is 16.1 Å². The average Bonchev–Trinajstić information content (AvgIpc) is 2.63. The topological polar surface area (TPSA) is 42.0 Å². The van der Waals surface area contributed by atoms with Gasteiger partial charge >= 0.3 is 0 Å². The lowest BCUT2D eigenvalue weighted by Crippen LogP contribution is -2.12. The van der Waals surface area contributed by atoms with Gasteiger partial charge in [0.05, 0.1) is 11.3 Å². The van der Waals surface area contributed by atoms with Crippen LogP contribution < -0.4 is 5.32 Å². The Kier molecular flexibility index (Phi) is 3.54. The normalized spacial score (nSPS) is 10.3. The van der Waals surface area contributed by atoms with Crippen LogP contribution in [0.15, 0.2) is 28.1 Å². The van der Waals surface area contributed by atoms with Crippen LogP contribution in [0.5, 0.6) is 0 Å². The first-order valence-electron chi connectivity index (χ1n) is 4.75. The number of carbonyl (C=O) groups is 1. The maximum absolute atomic E-state index is 12.9. The minimum atomic E-state index is -0.390. The third-order valence-electron chi connectivity index (χ3n) is 2.02. The molecule has 1 N–H and O–H groups in total. The first-order valence-corrected chi connectivity index (χ1v) is 6.42. The van der Waals surface area contributed by atoms with Crippen molar-refractivity contribution in [3.8, 4) is 0 Å². The minimum absolute atomic E-state index is 0.314. The second-order valence-corrected chi connectivity index (χ2v) is 5.08. The van der Waals surface area contributed by atoms with Gasteiger partial charge in [-0.1, -0.05) is 0 Å². The molecule has 2 rings (SSSR count). The number of aryl methyl sites for hydroxylation is 1. The van der Waals surface area contributed by atoms with Gasteiger partial charge < -0.3 is 0 Å². The highest BCUT2D eigenvalue weighted by Gasteiger charge is 2.12. The summed E-state index contributed by atoms with van der Waals surface area (Å²) in [7, 11) is 0. The predicted octanol–water partition coefficient (Wildman–Crippen LogP) is 3.61. The van der Waals surface area contributed by atoms with E-state index in [4.69, 9.17) is 0 Å². The Morgan fingerprint density at radius 3 is 2.88 bits per heavy atom. The zero-order chi connectivity index (χ0) is 12.4. The van der Waals surface area contributed by atoms with E-state index < -0.39 is 5.82 Å². The Morgan fingerprint density at radius 1 is 1.53 bits per heavy atom. The number of hydrogen-bond acceptors (Lipinski definition) is 3. The lowest BCUT2D eigenvalue weighted by Gasteiger charge is -2.03. The molecule has 1 amide bonds. The van der Waals surface area contributed by atoms with Crippen molar-refractivity contribution in [3.05, 3.63) is 45.1 Å². The van der Waals surface area contributed by atoms with E-state index in [1.165, 1.54) is 29.5 Å². The van der Waals surface area contributed by atoms with Gasteiger partial charge in [-0.15, -0.1) is 11.3 Å². The molecule has 0 bridgehead atoms. The summed E-state index contributed by atoms with van der Waals surface area (Å²) in [5.41, 5.74) is 1.22. The van der Waals surface area contributed by atoms with Crippen LogP contribution in [0.4, 0.5) is 9.52 Å². The number of amides is 1. The molecule has 0 aliphatic rings. The molecular formula is C11H8BrFN2OS. The first kappa shape index (κ1) is 12.2. The first-order chi connectivity index (χ1) is 8.06. The number of aromatic nitrogens is 1. The Morgan fingerprint density at radius 2 is 2.29 bits per heavy atom. The molecule has 0 spiro atoms. The number of hydrogen-bond donors (Lipinski definition) is 1. The SMILES string of the molecule is Cc1csc(NC(=O)c2ccc(F)cc2Br)n1. The Labute approximate surface area is 110 Å². The fourth-order valence-electron chi connectivity index (χ4n) is 1.25. The molecule has 1 aromatic heterocycles. The van der Waals surface area contributed by atoms with Gasteiger partial charge in [0.1, 0.15) is 5.82 Å². The van der Waals surface area contributed by atoms with Crippen LogP contribution in [-0.4, -0.2) is 10.9 Å². The van der Waals surface area contributed by atoms with Crippen LogP contribution >= 0.6 is 27.3 Å².